The molecule has 4 aromatic rings. The Labute approximate surface area is 230 Å². The first-order chi connectivity index (χ1) is 18.3. The molecule has 4 rings (SSSR count). The number of carbonyl (C=O) groups is 2. The van der Waals surface area contributed by atoms with Gasteiger partial charge in [0.1, 0.15) is 12.1 Å². The van der Waals surface area contributed by atoms with E-state index in [1.54, 1.807) is 60.7 Å². The third kappa shape index (κ3) is 5.44. The van der Waals surface area contributed by atoms with Crippen molar-refractivity contribution in [3.63, 3.8) is 0 Å². The van der Waals surface area contributed by atoms with E-state index in [0.29, 0.717) is 21.5 Å². The van der Waals surface area contributed by atoms with E-state index in [1.807, 2.05) is 0 Å². The molecule has 4 aromatic carbocycles. The van der Waals surface area contributed by atoms with Gasteiger partial charge >= 0.3 is 16.5 Å². The fourth-order valence-corrected chi connectivity index (χ4v) is 3.82. The molecule has 0 N–H and O–H groups in total. The zero-order valence-corrected chi connectivity index (χ0v) is 20.5. The maximum atomic E-state index is 12.7. The van der Waals surface area contributed by atoms with Crippen LogP contribution >= 0.6 is 0 Å². The van der Waals surface area contributed by atoms with E-state index >= 15 is 0 Å². The van der Waals surface area contributed by atoms with Gasteiger partial charge in [-0.05, 0) is 55.9 Å². The third-order valence-electron chi connectivity index (χ3n) is 5.60. The zero-order valence-electron chi connectivity index (χ0n) is 19.5. The number of carbonyl (C=O) groups excluding carboxylic acids is 2. The van der Waals surface area contributed by atoms with Crippen molar-refractivity contribution in [3.05, 3.63) is 94.3 Å². The number of nitrogens with zero attached hydrogens (tertiary/aromatic N) is 4. The standard InChI is InChI=1S/C28H16N4O6.Ni/c29-11-23(31-13-21-17-7-3-1-5-15(17)9-19(25(21)33)27(35)36)24(12-30)32-14-22-18-8-4-2-6-16(18)10-20(26(22)34)28(37)38;/h1-10,13-14,33-34H,(H,35,36)(H,37,38);/q;+2/p-4/b24-23-,31-13?,32-14?;. The monoisotopic (exact) mass is 558 g/mol. The van der Waals surface area contributed by atoms with Gasteiger partial charge in [0.25, 0.3) is 0 Å². The number of hydrogen-bond acceptors (Lipinski definition) is 10. The number of hydrogen-bond donors (Lipinski definition) is 0. The van der Waals surface area contributed by atoms with Crippen LogP contribution in [0.25, 0.3) is 21.5 Å². The van der Waals surface area contributed by atoms with E-state index in [1.165, 1.54) is 12.1 Å². The van der Waals surface area contributed by atoms with Crippen LogP contribution < -0.4 is 20.4 Å². The van der Waals surface area contributed by atoms with Gasteiger partial charge in [-0.3, -0.25) is 0 Å². The van der Waals surface area contributed by atoms with Gasteiger partial charge in [0.2, 0.25) is 0 Å². The molecule has 0 fully saturated rings. The SMILES string of the molecule is N#C/C(N=Cc1c([O-])c(C(=O)[O-])cc2ccccc12)=C(\C#N)N=Cc1c([O-])c(C(=O)[O-])cc2ccccc12.[Ni+2]. The van der Waals surface area contributed by atoms with Gasteiger partial charge in [0.15, 0.2) is 11.4 Å². The number of nitriles is 2. The molecule has 0 unspecified atom stereocenters. The van der Waals surface area contributed by atoms with Crippen molar-refractivity contribution in [2.75, 3.05) is 0 Å². The summed E-state index contributed by atoms with van der Waals surface area (Å²) in [7, 11) is 0. The summed E-state index contributed by atoms with van der Waals surface area (Å²) in [4.78, 5) is 30.7. The van der Waals surface area contributed by atoms with Crippen molar-refractivity contribution < 1.29 is 46.5 Å². The molecule has 0 amide bonds. The maximum absolute atomic E-state index is 12.7. The van der Waals surface area contributed by atoms with Crippen molar-refractivity contribution in [2.45, 2.75) is 0 Å². The Hall–Kier alpha value is -5.51. The summed E-state index contributed by atoms with van der Waals surface area (Å²) in [6, 6.07) is 18.5. The smallest absolute Gasteiger partial charge is 0.872 e. The number of aromatic carboxylic acids is 2. The van der Waals surface area contributed by atoms with Gasteiger partial charge < -0.3 is 30.0 Å². The molecule has 0 aliphatic carbocycles. The minimum Gasteiger partial charge on any atom is -0.872 e. The summed E-state index contributed by atoms with van der Waals surface area (Å²) in [6.07, 6.45) is 1.90. The minimum absolute atomic E-state index is 0. The molecule has 10 nitrogen and oxygen atoms in total. The topological polar surface area (TPSA) is 199 Å². The average molecular weight is 559 g/mol. The van der Waals surface area contributed by atoms with E-state index in [4.69, 9.17) is 0 Å². The van der Waals surface area contributed by atoms with E-state index in [9.17, 15) is 40.5 Å². The van der Waals surface area contributed by atoms with E-state index in [2.05, 4.69) is 9.98 Å². The Morgan fingerprint density at radius 3 is 1.38 bits per heavy atom. The number of benzene rings is 4. The predicted molar refractivity (Wildman–Crippen MR) is 129 cm³/mol. The van der Waals surface area contributed by atoms with Crippen molar-refractivity contribution in [2.24, 2.45) is 9.98 Å². The van der Waals surface area contributed by atoms with Crippen LogP contribution in [0, 0.1) is 22.7 Å². The van der Waals surface area contributed by atoms with Crippen LogP contribution in [-0.4, -0.2) is 24.4 Å². The summed E-state index contributed by atoms with van der Waals surface area (Å²) in [5.74, 6) is -5.16. The molecule has 192 valence electrons. The molecule has 0 aliphatic rings. The molecule has 0 aromatic heterocycles. The van der Waals surface area contributed by atoms with Crippen LogP contribution in [0.4, 0.5) is 0 Å². The van der Waals surface area contributed by atoms with Crippen LogP contribution in [0.5, 0.6) is 11.5 Å². The molecule has 0 spiro atoms. The molecule has 0 atom stereocenters. The van der Waals surface area contributed by atoms with Gasteiger partial charge in [0, 0.05) is 12.4 Å². The van der Waals surface area contributed by atoms with Crippen molar-refractivity contribution in [1.82, 2.24) is 0 Å². The van der Waals surface area contributed by atoms with Crippen LogP contribution in [0.2, 0.25) is 0 Å². The van der Waals surface area contributed by atoms with E-state index in [0.717, 1.165) is 12.4 Å². The summed E-state index contributed by atoms with van der Waals surface area (Å²) >= 11 is 0. The molecule has 0 saturated carbocycles. The van der Waals surface area contributed by atoms with Gasteiger partial charge in [-0.15, -0.1) is 0 Å². The second-order valence-corrected chi connectivity index (χ2v) is 7.79. The summed E-state index contributed by atoms with van der Waals surface area (Å²) in [5, 5.41) is 69.0. The fraction of sp³-hybridized carbons (Fsp3) is 0. The normalized spacial score (nSPS) is 11.6. The second-order valence-electron chi connectivity index (χ2n) is 7.79. The number of carboxylic acid groups (broad SMARTS) is 2. The number of carboxylic acids is 2. The predicted octanol–water partition coefficient (Wildman–Crippen LogP) is 0.661. The number of fused-ring (bicyclic) bond motifs is 2. The second kappa shape index (κ2) is 11.7. The number of allylic oxidation sites excluding steroid dienone is 2. The van der Waals surface area contributed by atoms with Gasteiger partial charge in [0.05, 0.1) is 11.9 Å². The Kier molecular flexibility index (Phi) is 8.42. The summed E-state index contributed by atoms with van der Waals surface area (Å²) in [5.41, 5.74) is -2.59. The molecule has 11 heteroatoms. The Balaban J connectivity index is 0.00000420. The summed E-state index contributed by atoms with van der Waals surface area (Å²) < 4.78 is 0. The molecule has 0 heterocycles. The number of aliphatic imine (C=N–C) groups is 2. The Morgan fingerprint density at radius 1 is 0.692 bits per heavy atom. The third-order valence-corrected chi connectivity index (χ3v) is 5.60. The zero-order chi connectivity index (χ0) is 27.4. The van der Waals surface area contributed by atoms with Crippen molar-refractivity contribution in [1.29, 1.82) is 10.5 Å². The molecule has 0 aliphatic heterocycles. The molecule has 0 saturated heterocycles. The molecular weight excluding hydrogens is 547 g/mol. The Morgan fingerprint density at radius 2 is 1.05 bits per heavy atom. The van der Waals surface area contributed by atoms with Crippen LogP contribution in [0.15, 0.2) is 82.0 Å². The fourth-order valence-electron chi connectivity index (χ4n) is 3.82. The first kappa shape index (κ1) is 28.1. The summed E-state index contributed by atoms with van der Waals surface area (Å²) in [6.45, 7) is 0. The quantitative estimate of drug-likeness (QED) is 0.186. The van der Waals surface area contributed by atoms with Crippen molar-refractivity contribution >= 4 is 45.9 Å². The van der Waals surface area contributed by atoms with E-state index in [-0.39, 0.29) is 27.6 Å². The molecule has 0 bridgehead atoms. The molecular formula is C28H12N4NiO6-2. The van der Waals surface area contributed by atoms with Gasteiger partial charge in [-0.25, -0.2) is 9.98 Å². The largest absolute Gasteiger partial charge is 2.00 e. The number of rotatable bonds is 6. The maximum Gasteiger partial charge on any atom is 2.00 e. The van der Waals surface area contributed by atoms with Crippen LogP contribution in [0.3, 0.4) is 0 Å². The van der Waals surface area contributed by atoms with Gasteiger partial charge in [-0.1, -0.05) is 60.0 Å². The minimum atomic E-state index is -1.69. The van der Waals surface area contributed by atoms with Crippen LogP contribution in [-0.2, 0) is 16.5 Å². The molecule has 39 heavy (non-hydrogen) atoms. The van der Waals surface area contributed by atoms with Crippen LogP contribution in [0.1, 0.15) is 31.8 Å². The average Bonchev–Trinajstić information content (AvgIpc) is 2.91. The Bertz CT molecular complexity index is 1700. The first-order valence-corrected chi connectivity index (χ1v) is 10.8. The molecule has 0 radical (unpaired) electrons. The van der Waals surface area contributed by atoms with Crippen molar-refractivity contribution in [3.8, 4) is 23.6 Å². The van der Waals surface area contributed by atoms with Gasteiger partial charge in [-0.2, -0.15) is 10.5 Å². The first-order valence-electron chi connectivity index (χ1n) is 10.8. The van der Waals surface area contributed by atoms with E-state index < -0.39 is 46.0 Å².